The van der Waals surface area contributed by atoms with Crippen molar-refractivity contribution in [3.05, 3.63) is 52.0 Å². The summed E-state index contributed by atoms with van der Waals surface area (Å²) < 4.78 is 25.7. The molecule has 1 aliphatic rings. The molecule has 1 aliphatic heterocycles. The van der Waals surface area contributed by atoms with E-state index in [-0.39, 0.29) is 41.6 Å². The highest BCUT2D eigenvalue weighted by atomic mass is 35.5. The summed E-state index contributed by atoms with van der Waals surface area (Å²) in [5.41, 5.74) is 1.23. The minimum atomic E-state index is -3.13. The third kappa shape index (κ3) is 4.60. The van der Waals surface area contributed by atoms with Crippen molar-refractivity contribution in [3.8, 4) is 10.4 Å². The van der Waals surface area contributed by atoms with Gasteiger partial charge in [-0.15, -0.1) is 11.3 Å². The number of rotatable bonds is 6. The van der Waals surface area contributed by atoms with E-state index in [1.807, 2.05) is 32.0 Å². The van der Waals surface area contributed by atoms with E-state index in [1.165, 1.54) is 22.2 Å². The van der Waals surface area contributed by atoms with Gasteiger partial charge in [0, 0.05) is 22.0 Å². The molecule has 7 nitrogen and oxygen atoms in total. The standard InChI is InChI=1S/C22H24ClN3O4S2/c1-3-14(2)26(17-8-9-32(29,30)12-17)20(27)11-25-13-24-18-10-19(31-21(18)22(25)28)15-4-6-16(23)7-5-15/h4-7,10,13-14,17H,3,8-9,11-12H2,1-2H3. The third-order valence-corrected chi connectivity index (χ3v) is 9.06. The Bertz CT molecular complexity index is 1320. The fourth-order valence-electron chi connectivity index (χ4n) is 4.04. The summed E-state index contributed by atoms with van der Waals surface area (Å²) in [7, 11) is -3.13. The summed E-state index contributed by atoms with van der Waals surface area (Å²) in [6.07, 6.45) is 2.52. The molecule has 0 spiro atoms. The Balaban J connectivity index is 1.62. The molecule has 2 aromatic heterocycles. The number of thiophene rings is 1. The zero-order chi connectivity index (χ0) is 23.0. The number of amides is 1. The SMILES string of the molecule is CCC(C)N(C(=O)Cn1cnc2cc(-c3ccc(Cl)cc3)sc2c1=O)C1CCS(=O)(=O)C1. The molecule has 10 heteroatoms. The Morgan fingerprint density at radius 1 is 1.34 bits per heavy atom. The molecule has 1 saturated heterocycles. The van der Waals surface area contributed by atoms with E-state index in [9.17, 15) is 18.0 Å². The summed E-state index contributed by atoms with van der Waals surface area (Å²) in [6, 6.07) is 8.73. The first-order chi connectivity index (χ1) is 15.2. The molecule has 0 bridgehead atoms. The molecular formula is C22H24ClN3O4S2. The molecule has 2 unspecified atom stereocenters. The first kappa shape index (κ1) is 22.9. The Morgan fingerprint density at radius 2 is 2.06 bits per heavy atom. The van der Waals surface area contributed by atoms with Gasteiger partial charge in [0.2, 0.25) is 5.91 Å². The first-order valence-electron chi connectivity index (χ1n) is 10.4. The van der Waals surface area contributed by atoms with Gasteiger partial charge >= 0.3 is 0 Å². The van der Waals surface area contributed by atoms with E-state index in [1.54, 1.807) is 17.0 Å². The second-order valence-corrected chi connectivity index (χ2v) is 11.8. The lowest BCUT2D eigenvalue weighted by molar-refractivity contribution is -0.136. The average molecular weight is 494 g/mol. The van der Waals surface area contributed by atoms with Crippen LogP contribution >= 0.6 is 22.9 Å². The number of halogens is 1. The lowest BCUT2D eigenvalue weighted by atomic mass is 10.1. The van der Waals surface area contributed by atoms with Crippen molar-refractivity contribution in [1.82, 2.24) is 14.5 Å². The van der Waals surface area contributed by atoms with Crippen molar-refractivity contribution in [2.75, 3.05) is 11.5 Å². The van der Waals surface area contributed by atoms with Gasteiger partial charge in [0.25, 0.3) is 5.56 Å². The lowest BCUT2D eigenvalue weighted by Crippen LogP contribution is -2.48. The van der Waals surface area contributed by atoms with Gasteiger partial charge in [-0.2, -0.15) is 0 Å². The molecule has 1 fully saturated rings. The zero-order valence-corrected chi connectivity index (χ0v) is 20.2. The van der Waals surface area contributed by atoms with Gasteiger partial charge in [-0.25, -0.2) is 13.4 Å². The maximum Gasteiger partial charge on any atom is 0.271 e. The number of hydrogen-bond acceptors (Lipinski definition) is 6. The van der Waals surface area contributed by atoms with Gasteiger partial charge < -0.3 is 4.90 Å². The number of fused-ring (bicyclic) bond motifs is 1. The highest BCUT2D eigenvalue weighted by Gasteiger charge is 2.36. The molecule has 3 heterocycles. The minimum Gasteiger partial charge on any atom is -0.334 e. The van der Waals surface area contributed by atoms with Crippen LogP contribution in [0.3, 0.4) is 0 Å². The van der Waals surface area contributed by atoms with E-state index < -0.39 is 9.84 Å². The number of nitrogens with zero attached hydrogens (tertiary/aromatic N) is 3. The lowest BCUT2D eigenvalue weighted by Gasteiger charge is -2.33. The van der Waals surface area contributed by atoms with Crippen LogP contribution in [0, 0.1) is 0 Å². The predicted octanol–water partition coefficient (Wildman–Crippen LogP) is 3.59. The first-order valence-corrected chi connectivity index (χ1v) is 13.5. The van der Waals surface area contributed by atoms with Crippen LogP contribution in [0.25, 0.3) is 20.7 Å². The van der Waals surface area contributed by atoms with Crippen LogP contribution in [0.2, 0.25) is 5.02 Å². The topological polar surface area (TPSA) is 89.3 Å². The van der Waals surface area contributed by atoms with Gasteiger partial charge in [0.1, 0.15) is 11.2 Å². The van der Waals surface area contributed by atoms with Crippen LogP contribution in [0.5, 0.6) is 0 Å². The van der Waals surface area contributed by atoms with Gasteiger partial charge in [0.15, 0.2) is 9.84 Å². The van der Waals surface area contributed by atoms with E-state index in [0.29, 0.717) is 28.1 Å². The summed E-state index contributed by atoms with van der Waals surface area (Å²) in [5, 5.41) is 0.634. The maximum absolute atomic E-state index is 13.2. The molecule has 3 aromatic rings. The fraction of sp³-hybridized carbons (Fsp3) is 0.409. The number of carbonyl (C=O) groups is 1. The third-order valence-electron chi connectivity index (χ3n) is 5.89. The minimum absolute atomic E-state index is 0.0232. The van der Waals surface area contributed by atoms with Crippen LogP contribution < -0.4 is 5.56 Å². The van der Waals surface area contributed by atoms with E-state index >= 15 is 0 Å². The highest BCUT2D eigenvalue weighted by Crippen LogP contribution is 2.31. The Hall–Kier alpha value is -2.23. The number of sulfone groups is 1. The van der Waals surface area contributed by atoms with Crippen LogP contribution in [-0.4, -0.2) is 52.4 Å². The zero-order valence-electron chi connectivity index (χ0n) is 17.8. The Kier molecular flexibility index (Phi) is 6.42. The van der Waals surface area contributed by atoms with E-state index in [2.05, 4.69) is 4.98 Å². The van der Waals surface area contributed by atoms with Crippen molar-refractivity contribution >= 4 is 48.9 Å². The summed E-state index contributed by atoms with van der Waals surface area (Å²) in [4.78, 5) is 33.2. The summed E-state index contributed by atoms with van der Waals surface area (Å²) in [6.45, 7) is 3.69. The number of benzene rings is 1. The number of carbonyl (C=O) groups excluding carboxylic acids is 1. The van der Waals surface area contributed by atoms with Crippen molar-refractivity contribution in [3.63, 3.8) is 0 Å². The highest BCUT2D eigenvalue weighted by molar-refractivity contribution is 7.91. The average Bonchev–Trinajstić information content (AvgIpc) is 3.34. The monoisotopic (exact) mass is 493 g/mol. The molecule has 0 saturated carbocycles. The fourth-order valence-corrected chi connectivity index (χ4v) is 6.95. The van der Waals surface area contributed by atoms with Gasteiger partial charge in [-0.05, 0) is 43.5 Å². The molecule has 4 rings (SSSR count). The van der Waals surface area contributed by atoms with E-state index in [4.69, 9.17) is 11.6 Å². The second kappa shape index (κ2) is 8.96. The van der Waals surface area contributed by atoms with Crippen LogP contribution in [0.15, 0.2) is 41.5 Å². The van der Waals surface area contributed by atoms with Crippen molar-refractivity contribution in [1.29, 1.82) is 0 Å². The molecule has 1 aromatic carbocycles. The predicted molar refractivity (Wildman–Crippen MR) is 128 cm³/mol. The van der Waals surface area contributed by atoms with Gasteiger partial charge in [0.05, 0.1) is 23.3 Å². The normalized spacial score (nSPS) is 18.7. The molecule has 1 amide bonds. The maximum atomic E-state index is 13.2. The van der Waals surface area contributed by atoms with Crippen molar-refractivity contribution in [2.45, 2.75) is 45.3 Å². The molecule has 0 N–H and O–H groups in total. The second-order valence-electron chi connectivity index (χ2n) is 8.12. The van der Waals surface area contributed by atoms with Crippen LogP contribution in [0.1, 0.15) is 26.7 Å². The molecule has 170 valence electrons. The van der Waals surface area contributed by atoms with Crippen molar-refractivity contribution in [2.24, 2.45) is 0 Å². The van der Waals surface area contributed by atoms with Crippen LogP contribution in [0.4, 0.5) is 0 Å². The number of hydrogen-bond donors (Lipinski definition) is 0. The summed E-state index contributed by atoms with van der Waals surface area (Å²) in [5.74, 6) is -0.197. The molecule has 0 aliphatic carbocycles. The Morgan fingerprint density at radius 3 is 2.69 bits per heavy atom. The molecular weight excluding hydrogens is 470 g/mol. The van der Waals surface area contributed by atoms with Gasteiger partial charge in [-0.1, -0.05) is 30.7 Å². The quantitative estimate of drug-likeness (QED) is 0.523. The van der Waals surface area contributed by atoms with Crippen molar-refractivity contribution < 1.29 is 13.2 Å². The largest absolute Gasteiger partial charge is 0.334 e. The number of aromatic nitrogens is 2. The molecule has 0 radical (unpaired) electrons. The van der Waals surface area contributed by atoms with Crippen LogP contribution in [-0.2, 0) is 21.2 Å². The molecule has 2 atom stereocenters. The Labute approximate surface area is 195 Å². The summed E-state index contributed by atoms with van der Waals surface area (Å²) >= 11 is 7.29. The van der Waals surface area contributed by atoms with E-state index in [0.717, 1.165) is 10.4 Å². The smallest absolute Gasteiger partial charge is 0.271 e. The van der Waals surface area contributed by atoms with Gasteiger partial charge in [-0.3, -0.25) is 14.2 Å². The molecule has 32 heavy (non-hydrogen) atoms.